The second-order valence-corrected chi connectivity index (χ2v) is 8.48. The zero-order valence-corrected chi connectivity index (χ0v) is 13.5. The molecule has 0 saturated carbocycles. The minimum absolute atomic E-state index is 0.146. The van der Waals surface area contributed by atoms with Gasteiger partial charge in [0, 0.05) is 10.9 Å². The lowest BCUT2D eigenvalue weighted by atomic mass is 10.1. The molecular weight excluding hydrogens is 322 g/mol. The number of benzene rings is 1. The van der Waals surface area contributed by atoms with Crippen LogP contribution in [0.1, 0.15) is 17.4 Å². The summed E-state index contributed by atoms with van der Waals surface area (Å²) in [7, 11) is -3.66. The molecule has 7 heteroatoms. The van der Waals surface area contributed by atoms with Crippen molar-refractivity contribution in [3.05, 3.63) is 46.8 Å². The fraction of sp³-hybridized carbons (Fsp3) is 0.267. The third-order valence-electron chi connectivity index (χ3n) is 3.62. The summed E-state index contributed by atoms with van der Waals surface area (Å²) in [5.74, 6) is -0.967. The predicted octanol–water partition coefficient (Wildman–Crippen LogP) is 2.52. The van der Waals surface area contributed by atoms with Gasteiger partial charge in [0.15, 0.2) is 0 Å². The summed E-state index contributed by atoms with van der Waals surface area (Å²) >= 11 is 1.02. The number of carboxylic acids is 1. The first-order valence-corrected chi connectivity index (χ1v) is 9.08. The minimum atomic E-state index is -3.66. The number of nitrogens with zero attached hydrogens (tertiary/aromatic N) is 1. The van der Waals surface area contributed by atoms with Crippen molar-refractivity contribution in [3.8, 4) is 0 Å². The molecule has 0 aliphatic carbocycles. The van der Waals surface area contributed by atoms with Crippen molar-refractivity contribution in [1.82, 2.24) is 0 Å². The number of para-hydroxylation sites is 1. The number of carboxylic acid groups (broad SMARTS) is 1. The molecule has 0 radical (unpaired) electrons. The van der Waals surface area contributed by atoms with Crippen LogP contribution in [0.2, 0.25) is 0 Å². The number of anilines is 1. The molecule has 2 aromatic rings. The van der Waals surface area contributed by atoms with E-state index in [0.717, 1.165) is 16.9 Å². The zero-order chi connectivity index (χ0) is 15.9. The summed E-state index contributed by atoms with van der Waals surface area (Å²) in [4.78, 5) is 11.3. The van der Waals surface area contributed by atoms with E-state index in [0.29, 0.717) is 17.0 Å². The number of thiophene rings is 1. The monoisotopic (exact) mass is 337 g/mol. The molecule has 1 N–H and O–H groups in total. The first-order valence-electron chi connectivity index (χ1n) is 6.82. The highest BCUT2D eigenvalue weighted by Gasteiger charge is 2.36. The van der Waals surface area contributed by atoms with Gasteiger partial charge in [-0.3, -0.25) is 9.10 Å². The number of hydrogen-bond acceptors (Lipinski definition) is 4. The second-order valence-electron chi connectivity index (χ2n) is 5.27. The molecule has 116 valence electrons. The molecule has 5 nitrogen and oxygen atoms in total. The van der Waals surface area contributed by atoms with Crippen molar-refractivity contribution >= 4 is 33.0 Å². The van der Waals surface area contributed by atoms with Crippen molar-refractivity contribution in [2.24, 2.45) is 0 Å². The van der Waals surface area contributed by atoms with Gasteiger partial charge < -0.3 is 5.11 Å². The molecule has 1 atom stereocenters. The highest BCUT2D eigenvalue weighted by molar-refractivity contribution is 7.94. The molecule has 2 heterocycles. The summed E-state index contributed by atoms with van der Waals surface area (Å²) in [5, 5.41) is 8.81. The van der Waals surface area contributed by atoms with E-state index in [2.05, 4.69) is 0 Å². The Bertz CT molecular complexity index is 826. The zero-order valence-electron chi connectivity index (χ0n) is 11.9. The molecule has 1 aliphatic rings. The fourth-order valence-corrected chi connectivity index (χ4v) is 5.87. The maximum atomic E-state index is 12.9. The third kappa shape index (κ3) is 2.50. The Balaban J connectivity index is 2.00. The van der Waals surface area contributed by atoms with Gasteiger partial charge in [0.2, 0.25) is 0 Å². The van der Waals surface area contributed by atoms with Crippen LogP contribution in [0.3, 0.4) is 0 Å². The van der Waals surface area contributed by atoms with Gasteiger partial charge in [-0.25, -0.2) is 8.42 Å². The molecule has 0 saturated heterocycles. The van der Waals surface area contributed by atoms with E-state index in [1.54, 1.807) is 6.07 Å². The lowest BCUT2D eigenvalue weighted by Crippen LogP contribution is -2.35. The molecule has 0 fully saturated rings. The Labute approximate surface area is 132 Å². The van der Waals surface area contributed by atoms with E-state index in [1.165, 1.54) is 10.4 Å². The standard InChI is InChI=1S/C15H15NO4S2/c1-10-8-11-4-2-3-5-13(11)16(10)22(19,20)15-7-6-12(21-15)9-14(17)18/h2-7,10H,8-9H2,1H3,(H,17,18). The van der Waals surface area contributed by atoms with Crippen molar-refractivity contribution in [2.45, 2.75) is 30.0 Å². The van der Waals surface area contributed by atoms with Crippen LogP contribution >= 0.6 is 11.3 Å². The van der Waals surface area contributed by atoms with Gasteiger partial charge in [-0.2, -0.15) is 0 Å². The normalized spacial score (nSPS) is 17.5. The molecular formula is C15H15NO4S2. The minimum Gasteiger partial charge on any atom is -0.481 e. The molecule has 1 aromatic carbocycles. The van der Waals surface area contributed by atoms with E-state index in [9.17, 15) is 13.2 Å². The Kier molecular flexibility index (Phi) is 3.70. The van der Waals surface area contributed by atoms with Gasteiger partial charge in [-0.05, 0) is 37.1 Å². The lowest BCUT2D eigenvalue weighted by molar-refractivity contribution is -0.136. The maximum Gasteiger partial charge on any atom is 0.308 e. The van der Waals surface area contributed by atoms with E-state index >= 15 is 0 Å². The van der Waals surface area contributed by atoms with Crippen LogP contribution in [-0.4, -0.2) is 25.5 Å². The van der Waals surface area contributed by atoms with Crippen LogP contribution in [0, 0.1) is 0 Å². The Morgan fingerprint density at radius 3 is 2.77 bits per heavy atom. The molecule has 1 unspecified atom stereocenters. The van der Waals surface area contributed by atoms with Gasteiger partial charge in [0.05, 0.1) is 12.1 Å². The van der Waals surface area contributed by atoms with E-state index in [-0.39, 0.29) is 16.7 Å². The summed E-state index contributed by atoms with van der Waals surface area (Å²) < 4.78 is 27.4. The summed E-state index contributed by atoms with van der Waals surface area (Å²) in [5.41, 5.74) is 1.73. The number of sulfonamides is 1. The average Bonchev–Trinajstić information content (AvgIpc) is 3.01. The van der Waals surface area contributed by atoms with Crippen molar-refractivity contribution in [2.75, 3.05) is 4.31 Å². The quantitative estimate of drug-likeness (QED) is 0.930. The first-order chi connectivity index (χ1) is 10.4. The molecule has 0 spiro atoms. The van der Waals surface area contributed by atoms with Crippen LogP contribution in [0.4, 0.5) is 5.69 Å². The number of hydrogen-bond donors (Lipinski definition) is 1. The topological polar surface area (TPSA) is 74.7 Å². The third-order valence-corrected chi connectivity index (χ3v) is 7.10. The first kappa shape index (κ1) is 15.1. The van der Waals surface area contributed by atoms with Gasteiger partial charge in [0.1, 0.15) is 4.21 Å². The highest BCUT2D eigenvalue weighted by Crippen LogP contribution is 2.38. The Morgan fingerprint density at radius 2 is 2.05 bits per heavy atom. The van der Waals surface area contributed by atoms with Crippen LogP contribution in [-0.2, 0) is 27.7 Å². The molecule has 0 bridgehead atoms. The van der Waals surface area contributed by atoms with Crippen LogP contribution < -0.4 is 4.31 Å². The van der Waals surface area contributed by atoms with Crippen molar-refractivity contribution in [1.29, 1.82) is 0 Å². The second kappa shape index (κ2) is 5.40. The maximum absolute atomic E-state index is 12.9. The fourth-order valence-electron chi connectivity index (χ4n) is 2.74. The smallest absolute Gasteiger partial charge is 0.308 e. The van der Waals surface area contributed by atoms with E-state index < -0.39 is 16.0 Å². The number of aliphatic carboxylic acids is 1. The Morgan fingerprint density at radius 1 is 1.32 bits per heavy atom. The van der Waals surface area contributed by atoms with Crippen LogP contribution in [0.5, 0.6) is 0 Å². The van der Waals surface area contributed by atoms with Crippen LogP contribution in [0.25, 0.3) is 0 Å². The summed E-state index contributed by atoms with van der Waals surface area (Å²) in [6.45, 7) is 1.88. The van der Waals surface area contributed by atoms with E-state index in [1.807, 2.05) is 31.2 Å². The van der Waals surface area contributed by atoms with Crippen LogP contribution in [0.15, 0.2) is 40.6 Å². The van der Waals surface area contributed by atoms with Crippen molar-refractivity contribution in [3.63, 3.8) is 0 Å². The Hall–Kier alpha value is -1.86. The molecule has 22 heavy (non-hydrogen) atoms. The van der Waals surface area contributed by atoms with Gasteiger partial charge >= 0.3 is 5.97 Å². The number of rotatable bonds is 4. The summed E-state index contributed by atoms with van der Waals surface area (Å²) in [6.07, 6.45) is 0.523. The predicted molar refractivity (Wildman–Crippen MR) is 84.9 cm³/mol. The summed E-state index contributed by atoms with van der Waals surface area (Å²) in [6, 6.07) is 10.4. The van der Waals surface area contributed by atoms with E-state index in [4.69, 9.17) is 5.11 Å². The molecule has 0 amide bonds. The number of carbonyl (C=O) groups is 1. The van der Waals surface area contributed by atoms with Gasteiger partial charge in [-0.1, -0.05) is 18.2 Å². The molecule has 1 aromatic heterocycles. The SMILES string of the molecule is CC1Cc2ccccc2N1S(=O)(=O)c1ccc(CC(=O)O)s1. The number of fused-ring (bicyclic) bond motifs is 1. The molecule has 3 rings (SSSR count). The van der Waals surface area contributed by atoms with Gasteiger partial charge in [-0.15, -0.1) is 11.3 Å². The largest absolute Gasteiger partial charge is 0.481 e. The van der Waals surface area contributed by atoms with Crippen molar-refractivity contribution < 1.29 is 18.3 Å². The lowest BCUT2D eigenvalue weighted by Gasteiger charge is -2.23. The highest BCUT2D eigenvalue weighted by atomic mass is 32.2. The van der Waals surface area contributed by atoms with Gasteiger partial charge in [0.25, 0.3) is 10.0 Å². The molecule has 1 aliphatic heterocycles. The average molecular weight is 337 g/mol.